The number of halogens is 4. The van der Waals surface area contributed by atoms with Gasteiger partial charge in [-0.25, -0.2) is 9.69 Å². The van der Waals surface area contributed by atoms with Gasteiger partial charge in [-0.2, -0.15) is 0 Å². The number of hydrogen-bond acceptors (Lipinski definition) is 5. The second kappa shape index (κ2) is 11.7. The van der Waals surface area contributed by atoms with E-state index in [1.807, 2.05) is 31.2 Å². The van der Waals surface area contributed by atoms with Gasteiger partial charge in [-0.05, 0) is 82.5 Å². The first-order valence-electron chi connectivity index (χ1n) is 10.9. The number of rotatable bonds is 7. The molecule has 0 bridgehead atoms. The highest BCUT2D eigenvalue weighted by molar-refractivity contribution is 9.10. The SMILES string of the molecule is CCOc1cc(/C=C2\C(=O)NC(=O)N(c3ccc(Cl)c(Cl)c3)C2=O)cc(Br)c1OCc1ccc(Br)cc1. The third-order valence-corrected chi connectivity index (χ3v) is 7.06. The molecule has 0 aliphatic carbocycles. The van der Waals surface area contributed by atoms with Crippen molar-refractivity contribution in [2.24, 2.45) is 0 Å². The Hall–Kier alpha value is -2.85. The van der Waals surface area contributed by atoms with E-state index in [0.717, 1.165) is 14.9 Å². The van der Waals surface area contributed by atoms with Crippen LogP contribution in [-0.2, 0) is 16.2 Å². The summed E-state index contributed by atoms with van der Waals surface area (Å²) in [5.41, 5.74) is 1.36. The number of benzene rings is 3. The standard InChI is InChI=1S/C26H18Br2Cl2N2O5/c1-2-36-22-11-15(10-19(28)23(22)37-13-14-3-5-16(27)6-4-14)9-18-24(33)31-26(35)32(25(18)34)17-7-8-20(29)21(30)12-17/h3-12H,2,13H2,1H3,(H,31,33,35)/b18-9+. The third-order valence-electron chi connectivity index (χ3n) is 5.20. The van der Waals surface area contributed by atoms with Crippen molar-refractivity contribution in [1.82, 2.24) is 5.32 Å². The summed E-state index contributed by atoms with van der Waals surface area (Å²) < 4.78 is 13.3. The molecule has 0 aromatic heterocycles. The average Bonchev–Trinajstić information content (AvgIpc) is 2.84. The Balaban J connectivity index is 1.66. The van der Waals surface area contributed by atoms with Gasteiger partial charge in [-0.1, -0.05) is 51.3 Å². The molecular weight excluding hydrogens is 651 g/mol. The molecule has 1 saturated heterocycles. The molecule has 0 spiro atoms. The maximum atomic E-state index is 13.2. The van der Waals surface area contributed by atoms with Gasteiger partial charge >= 0.3 is 6.03 Å². The normalized spacial score (nSPS) is 14.7. The number of nitrogens with zero attached hydrogens (tertiary/aromatic N) is 1. The molecule has 1 fully saturated rings. The quantitative estimate of drug-likeness (QED) is 0.213. The Morgan fingerprint density at radius 3 is 2.35 bits per heavy atom. The topological polar surface area (TPSA) is 84.9 Å². The van der Waals surface area contributed by atoms with Gasteiger partial charge in [0.05, 0.1) is 26.8 Å². The van der Waals surface area contributed by atoms with E-state index in [2.05, 4.69) is 37.2 Å². The van der Waals surface area contributed by atoms with Crippen LogP contribution >= 0.6 is 55.1 Å². The van der Waals surface area contributed by atoms with Crippen LogP contribution in [0.4, 0.5) is 10.5 Å². The van der Waals surface area contributed by atoms with Crippen LogP contribution < -0.4 is 19.7 Å². The van der Waals surface area contributed by atoms with Crippen molar-refractivity contribution >= 4 is 84.7 Å². The lowest BCUT2D eigenvalue weighted by Crippen LogP contribution is -2.54. The van der Waals surface area contributed by atoms with Crippen molar-refractivity contribution in [3.05, 3.63) is 90.3 Å². The summed E-state index contributed by atoms with van der Waals surface area (Å²) in [7, 11) is 0. The van der Waals surface area contributed by atoms with Gasteiger partial charge in [0.25, 0.3) is 11.8 Å². The second-order valence-electron chi connectivity index (χ2n) is 7.73. The van der Waals surface area contributed by atoms with Crippen LogP contribution in [-0.4, -0.2) is 24.5 Å². The van der Waals surface area contributed by atoms with E-state index in [9.17, 15) is 14.4 Å². The number of carbonyl (C=O) groups excluding carboxylic acids is 3. The molecule has 1 N–H and O–H groups in total. The molecule has 11 heteroatoms. The fourth-order valence-corrected chi connectivity index (χ4v) is 4.62. The van der Waals surface area contributed by atoms with Crippen molar-refractivity contribution in [2.75, 3.05) is 11.5 Å². The lowest BCUT2D eigenvalue weighted by Gasteiger charge is -2.26. The van der Waals surface area contributed by atoms with Gasteiger partial charge in [0.15, 0.2) is 11.5 Å². The summed E-state index contributed by atoms with van der Waals surface area (Å²) in [6.45, 7) is 2.49. The molecule has 37 heavy (non-hydrogen) atoms. The minimum atomic E-state index is -0.890. The lowest BCUT2D eigenvalue weighted by atomic mass is 10.1. The van der Waals surface area contributed by atoms with Gasteiger partial charge in [0.2, 0.25) is 0 Å². The highest BCUT2D eigenvalue weighted by atomic mass is 79.9. The van der Waals surface area contributed by atoms with Gasteiger partial charge in [0.1, 0.15) is 12.2 Å². The fourth-order valence-electron chi connectivity index (χ4n) is 3.49. The molecule has 1 aliphatic heterocycles. The highest BCUT2D eigenvalue weighted by Gasteiger charge is 2.37. The van der Waals surface area contributed by atoms with Crippen LogP contribution in [0.5, 0.6) is 11.5 Å². The first-order chi connectivity index (χ1) is 17.7. The number of barbiturate groups is 1. The molecule has 4 amide bonds. The maximum absolute atomic E-state index is 13.2. The Labute approximate surface area is 239 Å². The van der Waals surface area contributed by atoms with Crippen molar-refractivity contribution < 1.29 is 23.9 Å². The molecule has 0 radical (unpaired) electrons. The number of ether oxygens (including phenoxy) is 2. The Bertz CT molecular complexity index is 1430. The zero-order chi connectivity index (χ0) is 26.7. The average molecular weight is 669 g/mol. The van der Waals surface area contributed by atoms with E-state index >= 15 is 0 Å². The van der Waals surface area contributed by atoms with E-state index < -0.39 is 17.8 Å². The Morgan fingerprint density at radius 2 is 1.68 bits per heavy atom. The minimum Gasteiger partial charge on any atom is -0.490 e. The predicted molar refractivity (Wildman–Crippen MR) is 149 cm³/mol. The van der Waals surface area contributed by atoms with Crippen LogP contribution in [0, 0.1) is 0 Å². The van der Waals surface area contributed by atoms with E-state index in [1.54, 1.807) is 12.1 Å². The Morgan fingerprint density at radius 1 is 0.946 bits per heavy atom. The van der Waals surface area contributed by atoms with Crippen LogP contribution in [0.2, 0.25) is 10.0 Å². The smallest absolute Gasteiger partial charge is 0.335 e. The van der Waals surface area contributed by atoms with Crippen LogP contribution in [0.15, 0.2) is 69.1 Å². The predicted octanol–water partition coefficient (Wildman–Crippen LogP) is 7.16. The summed E-state index contributed by atoms with van der Waals surface area (Å²) in [5, 5.41) is 2.60. The molecule has 1 aliphatic rings. The Kier molecular flexibility index (Phi) is 8.59. The van der Waals surface area contributed by atoms with E-state index in [1.165, 1.54) is 24.3 Å². The van der Waals surface area contributed by atoms with Gasteiger partial charge in [0, 0.05) is 4.47 Å². The summed E-state index contributed by atoms with van der Waals surface area (Å²) in [6, 6.07) is 14.4. The highest BCUT2D eigenvalue weighted by Crippen LogP contribution is 2.38. The number of anilines is 1. The van der Waals surface area contributed by atoms with Crippen LogP contribution in [0.3, 0.4) is 0 Å². The van der Waals surface area contributed by atoms with Crippen molar-refractivity contribution in [2.45, 2.75) is 13.5 Å². The molecule has 1 heterocycles. The van der Waals surface area contributed by atoms with Crippen LogP contribution in [0.25, 0.3) is 6.08 Å². The first kappa shape index (κ1) is 27.2. The summed E-state index contributed by atoms with van der Waals surface area (Å²) in [6.07, 6.45) is 1.38. The van der Waals surface area contributed by atoms with Crippen molar-refractivity contribution in [3.8, 4) is 11.5 Å². The molecule has 4 rings (SSSR count). The third kappa shape index (κ3) is 6.18. The number of carbonyl (C=O) groups is 3. The number of urea groups is 1. The molecule has 3 aromatic carbocycles. The number of amides is 4. The van der Waals surface area contributed by atoms with Gasteiger partial charge in [-0.3, -0.25) is 14.9 Å². The molecular formula is C26H18Br2Cl2N2O5. The van der Waals surface area contributed by atoms with Crippen molar-refractivity contribution in [3.63, 3.8) is 0 Å². The molecule has 7 nitrogen and oxygen atoms in total. The second-order valence-corrected chi connectivity index (χ2v) is 10.3. The number of imide groups is 2. The summed E-state index contributed by atoms with van der Waals surface area (Å²) in [4.78, 5) is 39.1. The molecule has 3 aromatic rings. The zero-order valence-corrected chi connectivity index (χ0v) is 23.9. The summed E-state index contributed by atoms with van der Waals surface area (Å²) >= 11 is 18.9. The van der Waals surface area contributed by atoms with Gasteiger partial charge < -0.3 is 9.47 Å². The van der Waals surface area contributed by atoms with E-state index in [-0.39, 0.29) is 21.3 Å². The monoisotopic (exact) mass is 666 g/mol. The molecule has 190 valence electrons. The molecule has 0 atom stereocenters. The fraction of sp³-hybridized carbons (Fsp3) is 0.115. The molecule has 0 saturated carbocycles. The minimum absolute atomic E-state index is 0.159. The zero-order valence-electron chi connectivity index (χ0n) is 19.2. The lowest BCUT2D eigenvalue weighted by molar-refractivity contribution is -0.122. The van der Waals surface area contributed by atoms with Gasteiger partial charge in [-0.15, -0.1) is 0 Å². The largest absolute Gasteiger partial charge is 0.490 e. The first-order valence-corrected chi connectivity index (χ1v) is 13.2. The summed E-state index contributed by atoms with van der Waals surface area (Å²) in [5.74, 6) is -0.742. The van der Waals surface area contributed by atoms with Crippen molar-refractivity contribution in [1.29, 1.82) is 0 Å². The van der Waals surface area contributed by atoms with E-state index in [4.69, 9.17) is 32.7 Å². The van der Waals surface area contributed by atoms with E-state index in [0.29, 0.717) is 34.7 Å². The maximum Gasteiger partial charge on any atom is 0.335 e. The number of hydrogen-bond donors (Lipinski definition) is 1. The van der Waals surface area contributed by atoms with Crippen LogP contribution in [0.1, 0.15) is 18.1 Å². The molecule has 0 unspecified atom stereocenters. The number of nitrogens with one attached hydrogen (secondary N) is 1.